The second-order valence-corrected chi connectivity index (χ2v) is 6.01. The lowest BCUT2D eigenvalue weighted by Gasteiger charge is -2.18. The molecule has 4 nitrogen and oxygen atoms in total. The van der Waals surface area contributed by atoms with Crippen LogP contribution in [-0.4, -0.2) is 17.9 Å². The van der Waals surface area contributed by atoms with Gasteiger partial charge in [0.15, 0.2) is 0 Å². The Bertz CT molecular complexity index is 618. The molecule has 1 aliphatic rings. The zero-order chi connectivity index (χ0) is 15.4. The normalized spacial score (nSPS) is 14.3. The molecule has 1 saturated carbocycles. The lowest BCUT2D eigenvalue weighted by molar-refractivity contribution is -0.122. The minimum absolute atomic E-state index is 0.193. The second kappa shape index (κ2) is 6.79. The average molecular weight is 298 g/mol. The Hall–Kier alpha value is -2.07. The number of hydrogen-bond acceptors (Lipinski definition) is 3. The van der Waals surface area contributed by atoms with Crippen LogP contribution >= 0.6 is 0 Å². The van der Waals surface area contributed by atoms with Crippen LogP contribution in [-0.2, 0) is 24.4 Å². The van der Waals surface area contributed by atoms with Gasteiger partial charge in [-0.1, -0.05) is 24.3 Å². The first-order chi connectivity index (χ1) is 10.7. The van der Waals surface area contributed by atoms with E-state index in [-0.39, 0.29) is 11.8 Å². The number of hydrogen-bond donors (Lipinski definition) is 1. The molecule has 1 aliphatic carbocycles. The van der Waals surface area contributed by atoms with Crippen LogP contribution in [0.25, 0.3) is 0 Å². The molecule has 0 spiro atoms. The van der Waals surface area contributed by atoms with E-state index in [1.165, 1.54) is 11.1 Å². The van der Waals surface area contributed by atoms with Crippen LogP contribution in [0.3, 0.4) is 0 Å². The van der Waals surface area contributed by atoms with Crippen molar-refractivity contribution >= 4 is 5.91 Å². The molecule has 3 rings (SSSR count). The summed E-state index contributed by atoms with van der Waals surface area (Å²) in [6.07, 6.45) is 3.78. The average Bonchev–Trinajstić information content (AvgIpc) is 3.25. The van der Waals surface area contributed by atoms with Crippen LogP contribution in [0.15, 0.2) is 47.1 Å². The van der Waals surface area contributed by atoms with Gasteiger partial charge in [-0.15, -0.1) is 0 Å². The number of furan rings is 1. The Labute approximate surface area is 131 Å². The van der Waals surface area contributed by atoms with Crippen LogP contribution in [0.4, 0.5) is 0 Å². The highest BCUT2D eigenvalue weighted by Crippen LogP contribution is 2.28. The fourth-order valence-corrected chi connectivity index (χ4v) is 2.57. The molecule has 1 heterocycles. The SMILES string of the molecule is CN(Cc1ccco1)Cc1ccccc1CNC(=O)C1CC1. The van der Waals surface area contributed by atoms with Gasteiger partial charge < -0.3 is 9.73 Å². The highest BCUT2D eigenvalue weighted by Gasteiger charge is 2.29. The summed E-state index contributed by atoms with van der Waals surface area (Å²) < 4.78 is 5.39. The molecule has 1 amide bonds. The van der Waals surface area contributed by atoms with Crippen LogP contribution in [0.5, 0.6) is 0 Å². The predicted molar refractivity (Wildman–Crippen MR) is 84.9 cm³/mol. The Morgan fingerprint density at radius 1 is 1.18 bits per heavy atom. The van der Waals surface area contributed by atoms with Gasteiger partial charge in [0.25, 0.3) is 0 Å². The van der Waals surface area contributed by atoms with Crippen LogP contribution in [0.1, 0.15) is 29.7 Å². The van der Waals surface area contributed by atoms with Crippen LogP contribution in [0.2, 0.25) is 0 Å². The summed E-state index contributed by atoms with van der Waals surface area (Å²) >= 11 is 0. The molecular weight excluding hydrogens is 276 g/mol. The summed E-state index contributed by atoms with van der Waals surface area (Å²) in [4.78, 5) is 14.0. The van der Waals surface area contributed by atoms with Crippen molar-refractivity contribution in [2.75, 3.05) is 7.05 Å². The van der Waals surface area contributed by atoms with E-state index in [0.717, 1.165) is 31.7 Å². The summed E-state index contributed by atoms with van der Waals surface area (Å²) in [5.74, 6) is 1.41. The topological polar surface area (TPSA) is 45.5 Å². The van der Waals surface area contributed by atoms with Crippen molar-refractivity contribution in [3.63, 3.8) is 0 Å². The van der Waals surface area contributed by atoms with Gasteiger partial charge in [0.2, 0.25) is 5.91 Å². The smallest absolute Gasteiger partial charge is 0.223 e. The highest BCUT2D eigenvalue weighted by molar-refractivity contribution is 5.80. The molecule has 22 heavy (non-hydrogen) atoms. The van der Waals surface area contributed by atoms with Crippen molar-refractivity contribution in [1.82, 2.24) is 10.2 Å². The molecular formula is C18H22N2O2. The van der Waals surface area contributed by atoms with E-state index in [4.69, 9.17) is 4.42 Å². The van der Waals surface area contributed by atoms with E-state index in [9.17, 15) is 4.79 Å². The van der Waals surface area contributed by atoms with Crippen molar-refractivity contribution in [3.8, 4) is 0 Å². The number of nitrogens with zero attached hydrogens (tertiary/aromatic N) is 1. The summed E-state index contributed by atoms with van der Waals surface area (Å²) in [6.45, 7) is 2.21. The Morgan fingerprint density at radius 2 is 1.95 bits per heavy atom. The number of benzene rings is 1. The van der Waals surface area contributed by atoms with Crippen molar-refractivity contribution in [2.24, 2.45) is 5.92 Å². The van der Waals surface area contributed by atoms with E-state index < -0.39 is 0 Å². The third kappa shape index (κ3) is 3.98. The van der Waals surface area contributed by atoms with Gasteiger partial charge in [0, 0.05) is 19.0 Å². The molecule has 4 heteroatoms. The molecule has 1 aromatic carbocycles. The highest BCUT2D eigenvalue weighted by atomic mass is 16.3. The molecule has 0 saturated heterocycles. The number of carbonyl (C=O) groups excluding carboxylic acids is 1. The van der Waals surface area contributed by atoms with Crippen molar-refractivity contribution in [1.29, 1.82) is 0 Å². The number of amides is 1. The van der Waals surface area contributed by atoms with E-state index in [2.05, 4.69) is 29.4 Å². The largest absolute Gasteiger partial charge is 0.468 e. The first-order valence-corrected chi connectivity index (χ1v) is 7.78. The molecule has 0 atom stereocenters. The third-order valence-electron chi connectivity index (χ3n) is 3.97. The first kappa shape index (κ1) is 14.9. The molecule has 1 aromatic heterocycles. The van der Waals surface area contributed by atoms with E-state index in [1.807, 2.05) is 24.3 Å². The van der Waals surface area contributed by atoms with Gasteiger partial charge in [-0.25, -0.2) is 0 Å². The van der Waals surface area contributed by atoms with Gasteiger partial charge in [0.1, 0.15) is 5.76 Å². The Morgan fingerprint density at radius 3 is 2.64 bits per heavy atom. The molecule has 0 unspecified atom stereocenters. The lowest BCUT2D eigenvalue weighted by Crippen LogP contribution is -2.25. The number of nitrogens with one attached hydrogen (secondary N) is 1. The fourth-order valence-electron chi connectivity index (χ4n) is 2.57. The van der Waals surface area contributed by atoms with E-state index in [1.54, 1.807) is 6.26 Å². The van der Waals surface area contributed by atoms with Crippen molar-refractivity contribution in [3.05, 3.63) is 59.5 Å². The number of carbonyl (C=O) groups is 1. The molecule has 0 bridgehead atoms. The maximum atomic E-state index is 11.8. The maximum Gasteiger partial charge on any atom is 0.223 e. The zero-order valence-electron chi connectivity index (χ0n) is 12.9. The van der Waals surface area contributed by atoms with E-state index in [0.29, 0.717) is 6.54 Å². The van der Waals surface area contributed by atoms with Crippen LogP contribution < -0.4 is 5.32 Å². The van der Waals surface area contributed by atoms with Gasteiger partial charge in [-0.3, -0.25) is 9.69 Å². The molecule has 116 valence electrons. The van der Waals surface area contributed by atoms with Gasteiger partial charge in [-0.2, -0.15) is 0 Å². The van der Waals surface area contributed by atoms with E-state index >= 15 is 0 Å². The minimum atomic E-state index is 0.193. The Balaban J connectivity index is 1.58. The summed E-state index contributed by atoms with van der Waals surface area (Å²) in [7, 11) is 2.07. The van der Waals surface area contributed by atoms with Gasteiger partial charge >= 0.3 is 0 Å². The fraction of sp³-hybridized carbons (Fsp3) is 0.389. The third-order valence-corrected chi connectivity index (χ3v) is 3.97. The quantitative estimate of drug-likeness (QED) is 0.855. The zero-order valence-corrected chi connectivity index (χ0v) is 12.9. The lowest BCUT2D eigenvalue weighted by atomic mass is 10.1. The molecule has 2 aromatic rings. The summed E-state index contributed by atoms with van der Waals surface area (Å²) in [5, 5.41) is 3.04. The second-order valence-electron chi connectivity index (χ2n) is 6.01. The van der Waals surface area contributed by atoms with Crippen molar-refractivity contribution < 1.29 is 9.21 Å². The minimum Gasteiger partial charge on any atom is -0.468 e. The maximum absolute atomic E-state index is 11.8. The monoisotopic (exact) mass is 298 g/mol. The van der Waals surface area contributed by atoms with Gasteiger partial charge in [0.05, 0.1) is 12.8 Å². The Kier molecular flexibility index (Phi) is 4.59. The molecule has 1 fully saturated rings. The first-order valence-electron chi connectivity index (χ1n) is 7.78. The van der Waals surface area contributed by atoms with Crippen molar-refractivity contribution in [2.45, 2.75) is 32.5 Å². The molecule has 0 radical (unpaired) electrons. The predicted octanol–water partition coefficient (Wildman–Crippen LogP) is 2.94. The standard InChI is InChI=1S/C18H22N2O2/c1-20(13-17-7-4-10-22-17)12-16-6-3-2-5-15(16)11-19-18(21)14-8-9-14/h2-7,10,14H,8-9,11-13H2,1H3,(H,19,21). The summed E-state index contributed by atoms with van der Waals surface area (Å²) in [5.41, 5.74) is 2.43. The van der Waals surface area contributed by atoms with Crippen LogP contribution in [0, 0.1) is 5.92 Å². The molecule has 0 aliphatic heterocycles. The molecule has 1 N–H and O–H groups in total. The van der Waals surface area contributed by atoms with Gasteiger partial charge in [-0.05, 0) is 43.1 Å². The number of rotatable bonds is 7. The summed E-state index contributed by atoms with van der Waals surface area (Å²) in [6, 6.07) is 12.2.